The molecule has 0 spiro atoms. The molecule has 1 N–H and O–H groups in total. The highest BCUT2D eigenvalue weighted by molar-refractivity contribution is 5.98. The fraction of sp³-hybridized carbons (Fsp3) is 0.312. The summed E-state index contributed by atoms with van der Waals surface area (Å²) in [7, 11) is 0. The van der Waals surface area contributed by atoms with Crippen molar-refractivity contribution in [1.82, 2.24) is 9.88 Å². The van der Waals surface area contributed by atoms with E-state index in [0.717, 1.165) is 10.9 Å². The van der Waals surface area contributed by atoms with Gasteiger partial charge in [0.05, 0.1) is 5.52 Å². The molecule has 108 valence electrons. The summed E-state index contributed by atoms with van der Waals surface area (Å²) in [5, 5.41) is 10.4. The molecule has 21 heavy (non-hydrogen) atoms. The molecule has 1 saturated heterocycles. The van der Waals surface area contributed by atoms with Crippen molar-refractivity contribution in [2.75, 3.05) is 6.54 Å². The Hall–Kier alpha value is -2.43. The van der Waals surface area contributed by atoms with E-state index in [0.29, 0.717) is 25.1 Å². The Morgan fingerprint density at radius 1 is 1.24 bits per heavy atom. The lowest BCUT2D eigenvalue weighted by Crippen LogP contribution is -2.50. The van der Waals surface area contributed by atoms with Crippen LogP contribution in [0.15, 0.2) is 36.4 Å². The Morgan fingerprint density at radius 2 is 2.00 bits per heavy atom. The van der Waals surface area contributed by atoms with Gasteiger partial charge in [0.15, 0.2) is 0 Å². The number of para-hydroxylation sites is 1. The Labute approximate surface area is 122 Å². The molecule has 1 amide bonds. The van der Waals surface area contributed by atoms with E-state index in [1.54, 1.807) is 13.0 Å². The number of aliphatic carboxylic acids is 1. The van der Waals surface area contributed by atoms with Crippen molar-refractivity contribution in [2.45, 2.75) is 25.3 Å². The van der Waals surface area contributed by atoms with Gasteiger partial charge in [0, 0.05) is 11.9 Å². The molecule has 2 aromatic rings. The first-order chi connectivity index (χ1) is 10.0. The first-order valence-electron chi connectivity index (χ1n) is 6.93. The summed E-state index contributed by atoms with van der Waals surface area (Å²) in [6.45, 7) is 2.05. The summed E-state index contributed by atoms with van der Waals surface area (Å²) in [5.41, 5.74) is -0.104. The first-order valence-corrected chi connectivity index (χ1v) is 6.93. The summed E-state index contributed by atoms with van der Waals surface area (Å²) in [5.74, 6) is -1.28. The number of carboxylic acids is 1. The number of pyridine rings is 1. The van der Waals surface area contributed by atoms with E-state index >= 15 is 0 Å². The van der Waals surface area contributed by atoms with Gasteiger partial charge in [-0.25, -0.2) is 9.78 Å². The monoisotopic (exact) mass is 284 g/mol. The highest BCUT2D eigenvalue weighted by Gasteiger charge is 2.46. The highest BCUT2D eigenvalue weighted by Crippen LogP contribution is 2.30. The number of fused-ring (bicyclic) bond motifs is 1. The number of carboxylic acid groups (broad SMARTS) is 1. The highest BCUT2D eigenvalue weighted by atomic mass is 16.4. The van der Waals surface area contributed by atoms with E-state index in [4.69, 9.17) is 0 Å². The molecule has 1 aliphatic rings. The minimum atomic E-state index is -1.13. The largest absolute Gasteiger partial charge is 0.480 e. The van der Waals surface area contributed by atoms with Crippen LogP contribution in [0.4, 0.5) is 0 Å². The third-order valence-corrected chi connectivity index (χ3v) is 4.16. The smallest absolute Gasteiger partial charge is 0.329 e. The molecule has 0 radical (unpaired) electrons. The lowest BCUT2D eigenvalue weighted by Gasteiger charge is -2.30. The van der Waals surface area contributed by atoms with Crippen LogP contribution in [0.2, 0.25) is 0 Å². The van der Waals surface area contributed by atoms with Crippen LogP contribution in [0.5, 0.6) is 0 Å². The number of hydrogen-bond acceptors (Lipinski definition) is 3. The minimum absolute atomic E-state index is 0.295. The number of likely N-dealkylation sites (tertiary alicyclic amines) is 1. The molecule has 0 aliphatic carbocycles. The molecular weight excluding hydrogens is 268 g/mol. The third-order valence-electron chi connectivity index (χ3n) is 4.16. The second kappa shape index (κ2) is 4.84. The van der Waals surface area contributed by atoms with Gasteiger partial charge in [0.25, 0.3) is 5.91 Å². The molecule has 1 aromatic heterocycles. The number of rotatable bonds is 2. The Kier molecular flexibility index (Phi) is 3.12. The van der Waals surface area contributed by atoms with Gasteiger partial charge in [-0.3, -0.25) is 4.79 Å². The summed E-state index contributed by atoms with van der Waals surface area (Å²) >= 11 is 0. The number of carbonyl (C=O) groups is 2. The Morgan fingerprint density at radius 3 is 2.76 bits per heavy atom. The fourth-order valence-electron chi connectivity index (χ4n) is 2.83. The molecule has 0 bridgehead atoms. The van der Waals surface area contributed by atoms with Gasteiger partial charge in [0.1, 0.15) is 11.2 Å². The van der Waals surface area contributed by atoms with E-state index in [-0.39, 0.29) is 5.91 Å². The first kappa shape index (κ1) is 13.5. The maximum absolute atomic E-state index is 12.6. The normalized spacial score (nSPS) is 21.7. The number of amides is 1. The van der Waals surface area contributed by atoms with Crippen molar-refractivity contribution in [3.8, 4) is 0 Å². The summed E-state index contributed by atoms with van der Waals surface area (Å²) in [6.07, 6.45) is 1.17. The fourth-order valence-corrected chi connectivity index (χ4v) is 2.83. The zero-order chi connectivity index (χ0) is 15.0. The van der Waals surface area contributed by atoms with Crippen LogP contribution in [0.3, 0.4) is 0 Å². The van der Waals surface area contributed by atoms with Crippen LogP contribution in [0.1, 0.15) is 30.3 Å². The SMILES string of the molecule is CC1(C(=O)O)CCCN1C(=O)c1ccc2ccccc2n1. The Bertz CT molecular complexity index is 728. The summed E-state index contributed by atoms with van der Waals surface area (Å²) < 4.78 is 0. The van der Waals surface area contributed by atoms with Gasteiger partial charge in [0.2, 0.25) is 0 Å². The molecule has 5 heteroatoms. The molecule has 1 fully saturated rings. The van der Waals surface area contributed by atoms with Gasteiger partial charge in [-0.05, 0) is 31.9 Å². The minimum Gasteiger partial charge on any atom is -0.480 e. The standard InChI is InChI=1S/C16H16N2O3/c1-16(15(20)21)9-4-10-18(16)14(19)13-8-7-11-5-2-3-6-12(11)17-13/h2-3,5-8H,4,9-10H2,1H3,(H,20,21). The van der Waals surface area contributed by atoms with E-state index in [1.807, 2.05) is 30.3 Å². The van der Waals surface area contributed by atoms with E-state index in [1.165, 1.54) is 4.90 Å². The van der Waals surface area contributed by atoms with E-state index < -0.39 is 11.5 Å². The van der Waals surface area contributed by atoms with Crippen LogP contribution in [0.25, 0.3) is 10.9 Å². The van der Waals surface area contributed by atoms with Crippen LogP contribution in [-0.4, -0.2) is 39.0 Å². The number of benzene rings is 1. The molecule has 5 nitrogen and oxygen atoms in total. The van der Waals surface area contributed by atoms with Crippen molar-refractivity contribution in [3.05, 3.63) is 42.1 Å². The number of hydrogen-bond donors (Lipinski definition) is 1. The molecule has 0 saturated carbocycles. The second-order valence-electron chi connectivity index (χ2n) is 5.53. The molecule has 1 aromatic carbocycles. The average molecular weight is 284 g/mol. The molecule has 3 rings (SSSR count). The van der Waals surface area contributed by atoms with Gasteiger partial charge >= 0.3 is 5.97 Å². The van der Waals surface area contributed by atoms with Crippen molar-refractivity contribution in [3.63, 3.8) is 0 Å². The van der Waals surface area contributed by atoms with Crippen molar-refractivity contribution < 1.29 is 14.7 Å². The summed E-state index contributed by atoms with van der Waals surface area (Å²) in [6, 6.07) is 11.0. The third kappa shape index (κ3) is 2.14. The predicted molar refractivity (Wildman–Crippen MR) is 78.1 cm³/mol. The quantitative estimate of drug-likeness (QED) is 0.918. The molecule has 2 heterocycles. The van der Waals surface area contributed by atoms with Crippen LogP contribution in [-0.2, 0) is 4.79 Å². The molecular formula is C16H16N2O3. The van der Waals surface area contributed by atoms with Gasteiger partial charge < -0.3 is 10.0 Å². The topological polar surface area (TPSA) is 70.5 Å². The van der Waals surface area contributed by atoms with Crippen molar-refractivity contribution >= 4 is 22.8 Å². The van der Waals surface area contributed by atoms with E-state index in [9.17, 15) is 14.7 Å². The van der Waals surface area contributed by atoms with Gasteiger partial charge in [-0.15, -0.1) is 0 Å². The van der Waals surface area contributed by atoms with Gasteiger partial charge in [-0.1, -0.05) is 24.3 Å². The number of carbonyl (C=O) groups excluding carboxylic acids is 1. The maximum Gasteiger partial charge on any atom is 0.329 e. The van der Waals surface area contributed by atoms with Crippen LogP contribution >= 0.6 is 0 Å². The maximum atomic E-state index is 12.6. The number of nitrogens with zero attached hydrogens (tertiary/aromatic N) is 2. The average Bonchev–Trinajstić information content (AvgIpc) is 2.89. The zero-order valence-corrected chi connectivity index (χ0v) is 11.7. The van der Waals surface area contributed by atoms with Crippen LogP contribution < -0.4 is 0 Å². The predicted octanol–water partition coefficient (Wildman–Crippen LogP) is 2.31. The lowest BCUT2D eigenvalue weighted by molar-refractivity contribution is -0.147. The zero-order valence-electron chi connectivity index (χ0n) is 11.7. The molecule has 1 aliphatic heterocycles. The summed E-state index contributed by atoms with van der Waals surface area (Å²) in [4.78, 5) is 29.9. The Balaban J connectivity index is 1.98. The second-order valence-corrected chi connectivity index (χ2v) is 5.53. The van der Waals surface area contributed by atoms with Gasteiger partial charge in [-0.2, -0.15) is 0 Å². The van der Waals surface area contributed by atoms with Crippen molar-refractivity contribution in [1.29, 1.82) is 0 Å². The van der Waals surface area contributed by atoms with E-state index in [2.05, 4.69) is 4.98 Å². The molecule has 1 atom stereocenters. The van der Waals surface area contributed by atoms with Crippen molar-refractivity contribution in [2.24, 2.45) is 0 Å². The van der Waals surface area contributed by atoms with Crippen LogP contribution in [0, 0.1) is 0 Å². The molecule has 1 unspecified atom stereocenters. The lowest BCUT2D eigenvalue weighted by atomic mass is 9.99. The number of aromatic nitrogens is 1.